The van der Waals surface area contributed by atoms with Crippen LogP contribution in [0.15, 0.2) is 48.8 Å². The minimum atomic E-state index is 0.142. The molecule has 0 bridgehead atoms. The van der Waals surface area contributed by atoms with Gasteiger partial charge in [0.15, 0.2) is 0 Å². The van der Waals surface area contributed by atoms with Gasteiger partial charge >= 0.3 is 0 Å². The third-order valence-corrected chi connectivity index (χ3v) is 5.56. The van der Waals surface area contributed by atoms with Crippen LogP contribution >= 0.6 is 0 Å². The number of rotatable bonds is 4. The number of anilines is 1. The first-order valence-corrected chi connectivity index (χ1v) is 9.64. The fourth-order valence-corrected chi connectivity index (χ4v) is 3.91. The van der Waals surface area contributed by atoms with Crippen molar-refractivity contribution in [3.8, 4) is 0 Å². The number of fused-ring (bicyclic) bond motifs is 1. The van der Waals surface area contributed by atoms with Crippen molar-refractivity contribution in [2.75, 3.05) is 51.6 Å². The molecule has 0 unspecified atom stereocenters. The number of pyridine rings is 1. The molecule has 0 saturated carbocycles. The lowest BCUT2D eigenvalue weighted by molar-refractivity contribution is 0.0190. The second-order valence-electron chi connectivity index (χ2n) is 7.49. The number of carbonyl (C=O) groups is 1. The Kier molecular flexibility index (Phi) is 5.36. The highest BCUT2D eigenvalue weighted by Gasteiger charge is 2.32. The molecule has 1 N–H and O–H groups in total. The van der Waals surface area contributed by atoms with Crippen LogP contribution in [0.1, 0.15) is 15.9 Å². The smallest absolute Gasteiger partial charge is 0.253 e. The number of amides is 1. The topological polar surface area (TPSA) is 51.7 Å². The SMILES string of the molecule is CN1CCN2CCN(C(=O)c3ccc(NCc4ccncc4)cc3)C[C@H]2C1. The fraction of sp³-hybridized carbons (Fsp3) is 0.429. The number of likely N-dealkylation sites (N-methyl/N-ethyl adjacent to an activating group) is 1. The van der Waals surface area contributed by atoms with Gasteiger partial charge in [-0.05, 0) is 49.0 Å². The summed E-state index contributed by atoms with van der Waals surface area (Å²) >= 11 is 0. The van der Waals surface area contributed by atoms with E-state index < -0.39 is 0 Å². The second kappa shape index (κ2) is 8.06. The van der Waals surface area contributed by atoms with Gasteiger partial charge in [0.2, 0.25) is 0 Å². The molecule has 6 nitrogen and oxygen atoms in total. The molecule has 142 valence electrons. The Morgan fingerprint density at radius 2 is 1.78 bits per heavy atom. The van der Waals surface area contributed by atoms with E-state index in [0.29, 0.717) is 6.04 Å². The van der Waals surface area contributed by atoms with Crippen LogP contribution in [0.2, 0.25) is 0 Å². The normalized spacial score (nSPS) is 20.9. The van der Waals surface area contributed by atoms with Crippen LogP contribution in [0.4, 0.5) is 5.69 Å². The third kappa shape index (κ3) is 4.28. The van der Waals surface area contributed by atoms with E-state index in [1.165, 1.54) is 5.56 Å². The molecule has 0 radical (unpaired) electrons. The zero-order valence-corrected chi connectivity index (χ0v) is 15.8. The van der Waals surface area contributed by atoms with Crippen molar-refractivity contribution in [1.82, 2.24) is 19.7 Å². The summed E-state index contributed by atoms with van der Waals surface area (Å²) in [6.07, 6.45) is 3.59. The number of nitrogens with one attached hydrogen (secondary N) is 1. The predicted molar refractivity (Wildman–Crippen MR) is 107 cm³/mol. The summed E-state index contributed by atoms with van der Waals surface area (Å²) in [6.45, 7) is 6.65. The number of benzene rings is 1. The Labute approximate surface area is 160 Å². The molecule has 0 spiro atoms. The molecular formula is C21H27N5O. The number of hydrogen-bond donors (Lipinski definition) is 1. The summed E-state index contributed by atoms with van der Waals surface area (Å²) in [4.78, 5) is 23.8. The average molecular weight is 365 g/mol. The third-order valence-electron chi connectivity index (χ3n) is 5.56. The van der Waals surface area contributed by atoms with Crippen molar-refractivity contribution in [2.24, 2.45) is 0 Å². The van der Waals surface area contributed by atoms with Gasteiger partial charge in [-0.2, -0.15) is 0 Å². The van der Waals surface area contributed by atoms with Gasteiger partial charge in [-0.3, -0.25) is 14.7 Å². The molecule has 2 aliphatic rings. The Morgan fingerprint density at radius 1 is 1.04 bits per heavy atom. The van der Waals surface area contributed by atoms with Crippen molar-refractivity contribution in [3.05, 3.63) is 59.9 Å². The zero-order valence-electron chi connectivity index (χ0n) is 15.8. The van der Waals surface area contributed by atoms with Crippen molar-refractivity contribution in [3.63, 3.8) is 0 Å². The van der Waals surface area contributed by atoms with E-state index in [9.17, 15) is 4.79 Å². The number of aromatic nitrogens is 1. The van der Waals surface area contributed by atoms with Crippen LogP contribution in [0.3, 0.4) is 0 Å². The molecule has 0 aliphatic carbocycles. The Balaban J connectivity index is 1.35. The molecule has 2 fully saturated rings. The molecule has 1 aromatic carbocycles. The van der Waals surface area contributed by atoms with Crippen molar-refractivity contribution in [2.45, 2.75) is 12.6 Å². The monoisotopic (exact) mass is 365 g/mol. The average Bonchev–Trinajstić information content (AvgIpc) is 2.72. The maximum absolute atomic E-state index is 12.9. The summed E-state index contributed by atoms with van der Waals surface area (Å²) in [7, 11) is 2.16. The Bertz CT molecular complexity index is 764. The van der Waals surface area contributed by atoms with Crippen LogP contribution < -0.4 is 5.32 Å². The second-order valence-corrected chi connectivity index (χ2v) is 7.49. The number of nitrogens with zero attached hydrogens (tertiary/aromatic N) is 4. The highest BCUT2D eigenvalue weighted by Crippen LogP contribution is 2.18. The quantitative estimate of drug-likeness (QED) is 0.895. The molecule has 2 saturated heterocycles. The van der Waals surface area contributed by atoms with Crippen molar-refractivity contribution in [1.29, 1.82) is 0 Å². The highest BCUT2D eigenvalue weighted by atomic mass is 16.2. The number of hydrogen-bond acceptors (Lipinski definition) is 5. The first-order valence-electron chi connectivity index (χ1n) is 9.64. The van der Waals surface area contributed by atoms with Gasteiger partial charge in [0, 0.05) is 75.5 Å². The lowest BCUT2D eigenvalue weighted by Gasteiger charge is -2.46. The number of piperazine rings is 2. The van der Waals surface area contributed by atoms with Gasteiger partial charge in [0.25, 0.3) is 5.91 Å². The van der Waals surface area contributed by atoms with Crippen molar-refractivity contribution >= 4 is 11.6 Å². The first-order chi connectivity index (χ1) is 13.2. The molecular weight excluding hydrogens is 338 g/mol. The molecule has 3 heterocycles. The van der Waals surface area contributed by atoms with Gasteiger partial charge in [0.05, 0.1) is 0 Å². The van der Waals surface area contributed by atoms with Crippen LogP contribution in [0.5, 0.6) is 0 Å². The molecule has 1 amide bonds. The number of carbonyl (C=O) groups excluding carboxylic acids is 1. The standard InChI is InChI=1S/C21H27N5O/c1-24-10-11-25-12-13-26(16-20(25)15-24)21(27)18-2-4-19(5-3-18)23-14-17-6-8-22-9-7-17/h2-9,20,23H,10-16H2,1H3/t20-/m1/s1. The fourth-order valence-electron chi connectivity index (χ4n) is 3.91. The highest BCUT2D eigenvalue weighted by molar-refractivity contribution is 5.94. The van der Waals surface area contributed by atoms with Crippen LogP contribution in [-0.2, 0) is 6.54 Å². The van der Waals surface area contributed by atoms with E-state index >= 15 is 0 Å². The van der Waals surface area contributed by atoms with Crippen LogP contribution in [-0.4, -0.2) is 77.9 Å². The van der Waals surface area contributed by atoms with Crippen LogP contribution in [0, 0.1) is 0 Å². The Morgan fingerprint density at radius 3 is 2.56 bits per heavy atom. The molecule has 1 atom stereocenters. The lowest BCUT2D eigenvalue weighted by Crippen LogP contribution is -2.62. The van der Waals surface area contributed by atoms with Gasteiger partial charge < -0.3 is 15.1 Å². The van der Waals surface area contributed by atoms with E-state index in [4.69, 9.17) is 0 Å². The van der Waals surface area contributed by atoms with Crippen LogP contribution in [0.25, 0.3) is 0 Å². The Hall–Kier alpha value is -2.44. The predicted octanol–water partition coefficient (Wildman–Crippen LogP) is 1.77. The maximum atomic E-state index is 12.9. The van der Waals surface area contributed by atoms with Crippen molar-refractivity contribution < 1.29 is 4.79 Å². The van der Waals surface area contributed by atoms with Gasteiger partial charge in [-0.15, -0.1) is 0 Å². The van der Waals surface area contributed by atoms with E-state index in [2.05, 4.69) is 27.1 Å². The lowest BCUT2D eigenvalue weighted by atomic mass is 10.1. The van der Waals surface area contributed by atoms with Gasteiger partial charge in [-0.1, -0.05) is 0 Å². The first kappa shape index (κ1) is 17.9. The van der Waals surface area contributed by atoms with Gasteiger partial charge in [-0.25, -0.2) is 0 Å². The molecule has 2 aromatic rings. The van der Waals surface area contributed by atoms with E-state index in [-0.39, 0.29) is 5.91 Å². The zero-order chi connectivity index (χ0) is 18.6. The largest absolute Gasteiger partial charge is 0.381 e. The molecule has 6 heteroatoms. The molecule has 27 heavy (non-hydrogen) atoms. The minimum Gasteiger partial charge on any atom is -0.381 e. The van der Waals surface area contributed by atoms with E-state index in [0.717, 1.165) is 57.1 Å². The summed E-state index contributed by atoms with van der Waals surface area (Å²) in [5.74, 6) is 0.142. The van der Waals surface area contributed by atoms with Gasteiger partial charge in [0.1, 0.15) is 0 Å². The summed E-state index contributed by atoms with van der Waals surface area (Å²) < 4.78 is 0. The summed E-state index contributed by atoms with van der Waals surface area (Å²) in [5, 5.41) is 3.38. The molecule has 1 aromatic heterocycles. The van der Waals surface area contributed by atoms with E-state index in [1.54, 1.807) is 12.4 Å². The maximum Gasteiger partial charge on any atom is 0.253 e. The molecule has 2 aliphatic heterocycles. The summed E-state index contributed by atoms with van der Waals surface area (Å²) in [5.41, 5.74) is 2.96. The van der Waals surface area contributed by atoms with E-state index in [1.807, 2.05) is 41.3 Å². The molecule has 4 rings (SSSR count). The summed E-state index contributed by atoms with van der Waals surface area (Å²) in [6, 6.07) is 12.3. The minimum absolute atomic E-state index is 0.142.